The van der Waals surface area contributed by atoms with E-state index in [0.29, 0.717) is 36.7 Å². The van der Waals surface area contributed by atoms with Crippen molar-refractivity contribution in [3.8, 4) is 5.75 Å². The zero-order chi connectivity index (χ0) is 24.9. The third-order valence-electron chi connectivity index (χ3n) is 6.48. The van der Waals surface area contributed by atoms with Gasteiger partial charge < -0.3 is 24.0 Å². The number of benzene rings is 1. The van der Waals surface area contributed by atoms with Crippen LogP contribution in [-0.4, -0.2) is 92.4 Å². The molecule has 0 spiro atoms. The molecule has 1 amide bonds. The Kier molecular flexibility index (Phi) is 8.15. The van der Waals surface area contributed by atoms with Crippen molar-refractivity contribution in [2.24, 2.45) is 4.99 Å². The topological polar surface area (TPSA) is 83.9 Å². The van der Waals surface area contributed by atoms with Gasteiger partial charge in [-0.05, 0) is 30.0 Å². The van der Waals surface area contributed by atoms with Crippen LogP contribution in [0.4, 0.5) is 0 Å². The minimum atomic E-state index is -0.468. The van der Waals surface area contributed by atoms with Crippen LogP contribution in [0.15, 0.2) is 51.6 Å². The Bertz CT molecular complexity index is 1060. The van der Waals surface area contributed by atoms with Crippen LogP contribution < -0.4 is 4.74 Å². The van der Waals surface area contributed by atoms with E-state index in [2.05, 4.69) is 9.89 Å². The third-order valence-corrected chi connectivity index (χ3v) is 7.37. The number of aliphatic imine (C=N–C) groups is 1. The number of ether oxygens (including phenoxy) is 3. The van der Waals surface area contributed by atoms with Gasteiger partial charge in [0.2, 0.25) is 5.91 Å². The highest BCUT2D eigenvalue weighted by atomic mass is 32.2. The zero-order valence-corrected chi connectivity index (χ0v) is 21.5. The molecule has 188 valence electrons. The largest absolute Gasteiger partial charge is 0.497 e. The molecular formula is C25H32N4O5S. The molecule has 0 radical (unpaired) electrons. The van der Waals surface area contributed by atoms with E-state index in [1.807, 2.05) is 46.4 Å². The summed E-state index contributed by atoms with van der Waals surface area (Å²) in [5.41, 5.74) is 2.75. The Morgan fingerprint density at radius 2 is 1.91 bits per heavy atom. The van der Waals surface area contributed by atoms with Crippen molar-refractivity contribution in [3.05, 3.63) is 52.2 Å². The number of hydrogen-bond acceptors (Lipinski definition) is 9. The van der Waals surface area contributed by atoms with Gasteiger partial charge in [-0.3, -0.25) is 9.69 Å². The smallest absolute Gasteiger partial charge is 0.338 e. The van der Waals surface area contributed by atoms with Gasteiger partial charge in [-0.15, -0.1) is 0 Å². The molecule has 1 aromatic rings. The number of carbonyl (C=O) groups is 2. The number of allylic oxidation sites excluding steroid dienone is 1. The Labute approximate surface area is 210 Å². The van der Waals surface area contributed by atoms with E-state index in [-0.39, 0.29) is 12.3 Å². The van der Waals surface area contributed by atoms with Gasteiger partial charge in [0.1, 0.15) is 5.75 Å². The van der Waals surface area contributed by atoms with E-state index in [0.717, 1.165) is 36.1 Å². The fourth-order valence-corrected chi connectivity index (χ4v) is 5.54. The summed E-state index contributed by atoms with van der Waals surface area (Å²) in [6, 6.07) is 7.15. The summed E-state index contributed by atoms with van der Waals surface area (Å²) in [5, 5.41) is 2.71. The van der Waals surface area contributed by atoms with Crippen molar-refractivity contribution in [2.75, 3.05) is 60.7 Å². The van der Waals surface area contributed by atoms with Crippen molar-refractivity contribution in [1.29, 1.82) is 0 Å². The molecule has 1 saturated heterocycles. The van der Waals surface area contributed by atoms with Crippen molar-refractivity contribution >= 4 is 28.8 Å². The maximum absolute atomic E-state index is 13.3. The quantitative estimate of drug-likeness (QED) is 0.504. The van der Waals surface area contributed by atoms with Crippen LogP contribution >= 0.6 is 11.8 Å². The molecule has 0 bridgehead atoms. The molecule has 35 heavy (non-hydrogen) atoms. The van der Waals surface area contributed by atoms with Crippen LogP contribution in [-0.2, 0) is 19.1 Å². The molecule has 3 aliphatic heterocycles. The number of carbonyl (C=O) groups excluding carboxylic acids is 2. The summed E-state index contributed by atoms with van der Waals surface area (Å²) in [5.74, 6) is 0.320. The number of amidine groups is 1. The fourth-order valence-electron chi connectivity index (χ4n) is 4.58. The maximum atomic E-state index is 13.3. The second kappa shape index (κ2) is 11.3. The minimum Gasteiger partial charge on any atom is -0.497 e. The normalized spacial score (nSPS) is 20.4. The van der Waals surface area contributed by atoms with Gasteiger partial charge in [0.05, 0.1) is 44.6 Å². The summed E-state index contributed by atoms with van der Waals surface area (Å²) in [6.07, 6.45) is 0.234. The predicted molar refractivity (Wildman–Crippen MR) is 135 cm³/mol. The van der Waals surface area contributed by atoms with Gasteiger partial charge >= 0.3 is 5.97 Å². The Hall–Kier alpha value is -2.82. The standard InChI is InChI=1S/C25H32N4O5S/c1-17-22(24(31)34-4)23(18-6-5-7-20(14-18)33-3)29-19(16-35-25(29)26-17)15-21(30)28-10-8-27(9-11-28)12-13-32-2/h5-7,14,16,23H,8-13,15H2,1-4H3. The second-order valence-corrected chi connectivity index (χ2v) is 9.39. The monoisotopic (exact) mass is 500 g/mol. The number of methoxy groups -OCH3 is 3. The first kappa shape index (κ1) is 25.3. The van der Waals surface area contributed by atoms with Crippen molar-refractivity contribution < 1.29 is 23.8 Å². The van der Waals surface area contributed by atoms with Gasteiger partial charge in [-0.1, -0.05) is 23.9 Å². The molecule has 0 aliphatic carbocycles. The maximum Gasteiger partial charge on any atom is 0.338 e. The highest BCUT2D eigenvalue weighted by molar-refractivity contribution is 8.16. The summed E-state index contributed by atoms with van der Waals surface area (Å²) < 4.78 is 15.7. The zero-order valence-electron chi connectivity index (χ0n) is 20.7. The molecule has 4 rings (SSSR count). The van der Waals surface area contributed by atoms with Crippen LogP contribution in [0, 0.1) is 0 Å². The van der Waals surface area contributed by atoms with E-state index in [9.17, 15) is 9.59 Å². The summed E-state index contributed by atoms with van der Waals surface area (Å²) in [7, 11) is 4.68. The molecule has 1 aromatic carbocycles. The lowest BCUT2D eigenvalue weighted by atomic mass is 9.93. The van der Waals surface area contributed by atoms with Crippen LogP contribution in [0.2, 0.25) is 0 Å². The number of esters is 1. The highest BCUT2D eigenvalue weighted by Crippen LogP contribution is 2.45. The van der Waals surface area contributed by atoms with Gasteiger partial charge in [0, 0.05) is 45.5 Å². The van der Waals surface area contributed by atoms with Crippen LogP contribution in [0.25, 0.3) is 0 Å². The molecular weight excluding hydrogens is 468 g/mol. The number of fused-ring (bicyclic) bond motifs is 1. The lowest BCUT2D eigenvalue weighted by Crippen LogP contribution is -2.49. The average Bonchev–Trinajstić information content (AvgIpc) is 3.28. The number of thioether (sulfide) groups is 1. The van der Waals surface area contributed by atoms with E-state index >= 15 is 0 Å². The highest BCUT2D eigenvalue weighted by Gasteiger charge is 2.41. The van der Waals surface area contributed by atoms with Crippen LogP contribution in [0.1, 0.15) is 24.9 Å². The second-order valence-electron chi connectivity index (χ2n) is 8.55. The fraction of sp³-hybridized carbons (Fsp3) is 0.480. The van der Waals surface area contributed by atoms with Crippen molar-refractivity contribution in [1.82, 2.24) is 14.7 Å². The van der Waals surface area contributed by atoms with Gasteiger partial charge in [0.25, 0.3) is 0 Å². The number of nitrogens with zero attached hydrogens (tertiary/aromatic N) is 4. The molecule has 0 N–H and O–H groups in total. The Morgan fingerprint density at radius 1 is 1.14 bits per heavy atom. The summed E-state index contributed by atoms with van der Waals surface area (Å²) >= 11 is 1.47. The lowest BCUT2D eigenvalue weighted by Gasteiger charge is -2.38. The minimum absolute atomic E-state index is 0.0692. The first-order valence-electron chi connectivity index (χ1n) is 11.6. The predicted octanol–water partition coefficient (Wildman–Crippen LogP) is 2.62. The number of amides is 1. The van der Waals surface area contributed by atoms with E-state index < -0.39 is 12.0 Å². The van der Waals surface area contributed by atoms with Crippen molar-refractivity contribution in [3.63, 3.8) is 0 Å². The number of rotatable bonds is 8. The molecule has 3 aliphatic rings. The van der Waals surface area contributed by atoms with E-state index in [4.69, 9.17) is 14.2 Å². The Morgan fingerprint density at radius 3 is 2.60 bits per heavy atom. The third kappa shape index (κ3) is 5.39. The summed E-state index contributed by atoms with van der Waals surface area (Å²) in [6.45, 7) is 6.43. The molecule has 1 fully saturated rings. The van der Waals surface area contributed by atoms with Gasteiger partial charge in [0.15, 0.2) is 5.17 Å². The Balaban J connectivity index is 1.57. The lowest BCUT2D eigenvalue weighted by molar-refractivity contribution is -0.136. The SMILES string of the molecule is COCCN1CCN(C(=O)CC2=CSC3=NC(C)=C(C(=O)OC)C(c4cccc(OC)c4)N23)CC1. The van der Waals surface area contributed by atoms with Crippen molar-refractivity contribution in [2.45, 2.75) is 19.4 Å². The van der Waals surface area contributed by atoms with Crippen LogP contribution in [0.5, 0.6) is 5.75 Å². The van der Waals surface area contributed by atoms with Gasteiger partial charge in [-0.25, -0.2) is 9.79 Å². The molecule has 1 atom stereocenters. The molecule has 10 heteroatoms. The van der Waals surface area contributed by atoms with Crippen LogP contribution in [0.3, 0.4) is 0 Å². The molecule has 1 unspecified atom stereocenters. The van der Waals surface area contributed by atoms with E-state index in [1.54, 1.807) is 14.2 Å². The molecule has 0 saturated carbocycles. The molecule has 3 heterocycles. The van der Waals surface area contributed by atoms with E-state index in [1.165, 1.54) is 18.9 Å². The first-order valence-corrected chi connectivity index (χ1v) is 12.5. The molecule has 0 aromatic heterocycles. The number of piperazine rings is 1. The molecule has 9 nitrogen and oxygen atoms in total. The summed E-state index contributed by atoms with van der Waals surface area (Å²) in [4.78, 5) is 37.0. The van der Waals surface area contributed by atoms with Gasteiger partial charge in [-0.2, -0.15) is 0 Å². The average molecular weight is 501 g/mol. The first-order chi connectivity index (χ1) is 17.0. The number of hydrogen-bond donors (Lipinski definition) is 0.